The van der Waals surface area contributed by atoms with Gasteiger partial charge < -0.3 is 40.7 Å². The monoisotopic (exact) mass is 767 g/mol. The van der Waals surface area contributed by atoms with Crippen LogP contribution >= 0.6 is 0 Å². The molecule has 16 heteroatoms. The number of nitrogens with one attached hydrogen (secondary N) is 5. The molecule has 3 aromatic carbocycles. The van der Waals surface area contributed by atoms with Crippen LogP contribution in [0.1, 0.15) is 54.4 Å². The number of piperidine rings is 1. The summed E-state index contributed by atoms with van der Waals surface area (Å²) in [5.74, 6) is 0.471. The third-order valence-electron chi connectivity index (χ3n) is 10.7. The second kappa shape index (κ2) is 18.5. The second-order valence-electron chi connectivity index (χ2n) is 14.5. The molecule has 4 amide bonds. The minimum atomic E-state index is -1.06. The molecule has 2 heterocycles. The molecular weight excluding hydrogens is 718 g/mol. The van der Waals surface area contributed by atoms with E-state index in [9.17, 15) is 19.2 Å². The van der Waals surface area contributed by atoms with Crippen LogP contribution < -0.4 is 30.7 Å². The highest BCUT2D eigenvalue weighted by molar-refractivity contribution is 5.98. The summed E-state index contributed by atoms with van der Waals surface area (Å²) in [7, 11) is 5.18. The summed E-state index contributed by atoms with van der Waals surface area (Å²) in [6.45, 7) is 2.21. The predicted molar refractivity (Wildman–Crippen MR) is 208 cm³/mol. The van der Waals surface area contributed by atoms with E-state index in [1.165, 1.54) is 0 Å². The van der Waals surface area contributed by atoms with Crippen LogP contribution in [-0.2, 0) is 16.0 Å². The predicted octanol–water partition coefficient (Wildman–Crippen LogP) is 4.11. The summed E-state index contributed by atoms with van der Waals surface area (Å²) in [6, 6.07) is 17.2. The molecule has 16 nitrogen and oxygen atoms in total. The lowest BCUT2D eigenvalue weighted by atomic mass is 9.81. The number of hydrogen-bond donors (Lipinski definition) is 6. The number of hydrogen-bond acceptors (Lipinski definition) is 10. The number of methoxy groups -OCH3 is 2. The van der Waals surface area contributed by atoms with Gasteiger partial charge in [-0.05, 0) is 117 Å². The van der Waals surface area contributed by atoms with E-state index in [1.807, 2.05) is 24.3 Å². The van der Waals surface area contributed by atoms with Crippen LogP contribution in [-0.4, -0.2) is 107 Å². The number of ether oxygens (including phenoxy) is 2. The molecule has 6 N–H and O–H groups in total. The molecule has 2 aliphatic rings. The van der Waals surface area contributed by atoms with Crippen LogP contribution in [0.5, 0.6) is 11.5 Å². The van der Waals surface area contributed by atoms with Crippen LogP contribution in [0.25, 0.3) is 22.5 Å². The largest absolute Gasteiger partial charge is 0.496 e. The molecular formula is C40H49N9O7. The third-order valence-corrected chi connectivity index (χ3v) is 10.7. The van der Waals surface area contributed by atoms with E-state index in [2.05, 4.69) is 53.8 Å². The van der Waals surface area contributed by atoms with Crippen molar-refractivity contribution in [2.75, 3.05) is 46.2 Å². The maximum atomic E-state index is 13.8. The van der Waals surface area contributed by atoms with Crippen molar-refractivity contribution in [1.29, 1.82) is 0 Å². The Morgan fingerprint density at radius 1 is 0.893 bits per heavy atom. The number of amides is 4. The Balaban J connectivity index is 1.17. The number of H-pyrrole nitrogens is 1. The number of likely N-dealkylation sites (tertiary alicyclic amines) is 1. The van der Waals surface area contributed by atoms with Crippen molar-refractivity contribution in [1.82, 2.24) is 41.5 Å². The Labute approximate surface area is 325 Å². The molecule has 0 spiro atoms. The highest BCUT2D eigenvalue weighted by atomic mass is 16.5. The van der Waals surface area contributed by atoms with E-state index in [4.69, 9.17) is 14.6 Å². The molecule has 56 heavy (non-hydrogen) atoms. The summed E-state index contributed by atoms with van der Waals surface area (Å²) in [5.41, 5.74) is 3.96. The van der Waals surface area contributed by atoms with Gasteiger partial charge in [-0.25, -0.2) is 4.79 Å². The molecule has 296 valence electrons. The van der Waals surface area contributed by atoms with Gasteiger partial charge in [0.05, 0.1) is 19.8 Å². The minimum absolute atomic E-state index is 0.102. The first kappa shape index (κ1) is 39.7. The summed E-state index contributed by atoms with van der Waals surface area (Å²) in [5, 5.41) is 34.5. The van der Waals surface area contributed by atoms with E-state index in [-0.39, 0.29) is 42.0 Å². The van der Waals surface area contributed by atoms with Gasteiger partial charge >= 0.3 is 6.09 Å². The SMILES string of the molecule is COc1cc(C(=O)NC2CCN(C)CC2)cc(OC)c1-c1ccc(C[C@H](NC(=O)C2CCC(CNC(=O)O)CC2)C(=O)Nc2ccc(-c3nn[nH]n3)cc2)cc1. The number of benzene rings is 3. The number of carbonyl (C=O) groups is 4. The molecule has 1 saturated heterocycles. The smallest absolute Gasteiger partial charge is 0.404 e. The fraction of sp³-hybridized carbons (Fsp3) is 0.425. The zero-order valence-electron chi connectivity index (χ0n) is 31.8. The quantitative estimate of drug-likeness (QED) is 0.107. The average Bonchev–Trinajstić information content (AvgIpc) is 3.76. The van der Waals surface area contributed by atoms with Gasteiger partial charge in [-0.15, -0.1) is 10.2 Å². The van der Waals surface area contributed by atoms with Gasteiger partial charge in [0.1, 0.15) is 17.5 Å². The van der Waals surface area contributed by atoms with Gasteiger partial charge in [-0.2, -0.15) is 5.21 Å². The van der Waals surface area contributed by atoms with Crippen LogP contribution in [0.3, 0.4) is 0 Å². The van der Waals surface area contributed by atoms with Crippen molar-refractivity contribution in [3.8, 4) is 34.0 Å². The third kappa shape index (κ3) is 10.2. The van der Waals surface area contributed by atoms with Crippen LogP contribution in [0.15, 0.2) is 60.7 Å². The highest BCUT2D eigenvalue weighted by Gasteiger charge is 2.30. The van der Waals surface area contributed by atoms with Crippen molar-refractivity contribution in [2.24, 2.45) is 11.8 Å². The van der Waals surface area contributed by atoms with Gasteiger partial charge in [0.25, 0.3) is 5.91 Å². The topological polar surface area (TPSA) is 213 Å². The Morgan fingerprint density at radius 2 is 1.54 bits per heavy atom. The fourth-order valence-corrected chi connectivity index (χ4v) is 7.37. The molecule has 1 aliphatic carbocycles. The van der Waals surface area contributed by atoms with Crippen molar-refractivity contribution in [3.05, 3.63) is 71.8 Å². The first-order chi connectivity index (χ1) is 27.1. The fourth-order valence-electron chi connectivity index (χ4n) is 7.37. The Hall–Kier alpha value is -6.03. The Morgan fingerprint density at radius 3 is 2.12 bits per heavy atom. The standard InChI is InChI=1S/C40H49N9O7/c1-49-18-16-31(17-19-49)42-38(51)29-21-33(55-2)35(34(22-29)56-3)26-8-4-24(5-9-26)20-32(44-37(50)28-10-6-25(7-11-28)23-41-40(53)54)39(52)43-30-14-12-27(13-15-30)36-45-47-48-46-36/h4-5,8-9,12-15,21-22,25,28,31-32,41H,6-7,10-11,16-20,23H2,1-3H3,(H,42,51)(H,43,52)(H,44,50)(H,53,54)(H,45,46,47,48)/t25?,28?,32-/m0/s1. The number of tetrazole rings is 1. The normalized spacial score (nSPS) is 18.0. The lowest BCUT2D eigenvalue weighted by Gasteiger charge is -2.29. The number of aromatic nitrogens is 4. The Kier molecular flexibility index (Phi) is 13.1. The minimum Gasteiger partial charge on any atom is -0.496 e. The molecule has 0 unspecified atom stereocenters. The van der Waals surface area contributed by atoms with Crippen LogP contribution in [0, 0.1) is 11.8 Å². The van der Waals surface area contributed by atoms with E-state index in [0.717, 1.165) is 42.6 Å². The second-order valence-corrected chi connectivity index (χ2v) is 14.5. The summed E-state index contributed by atoms with van der Waals surface area (Å²) < 4.78 is 11.5. The van der Waals surface area contributed by atoms with Gasteiger partial charge in [0.15, 0.2) is 0 Å². The molecule has 6 rings (SSSR count). The van der Waals surface area contributed by atoms with Crippen molar-refractivity contribution < 1.29 is 33.8 Å². The van der Waals surface area contributed by atoms with Crippen molar-refractivity contribution in [3.63, 3.8) is 0 Å². The lowest BCUT2D eigenvalue weighted by molar-refractivity contribution is -0.130. The Bertz CT molecular complexity index is 1930. The number of anilines is 1. The maximum Gasteiger partial charge on any atom is 0.404 e. The number of carboxylic acid groups (broad SMARTS) is 1. The number of nitrogens with zero attached hydrogens (tertiary/aromatic N) is 4. The van der Waals surface area contributed by atoms with E-state index in [1.54, 1.807) is 50.6 Å². The number of carbonyl (C=O) groups excluding carboxylic acids is 3. The van der Waals surface area contributed by atoms with Crippen LogP contribution in [0.4, 0.5) is 10.5 Å². The van der Waals surface area contributed by atoms with E-state index < -0.39 is 12.1 Å². The van der Waals surface area contributed by atoms with Gasteiger partial charge in [0, 0.05) is 41.7 Å². The van der Waals surface area contributed by atoms with Crippen LogP contribution in [0.2, 0.25) is 0 Å². The lowest BCUT2D eigenvalue weighted by Crippen LogP contribution is -2.48. The molecule has 1 aliphatic heterocycles. The summed E-state index contributed by atoms with van der Waals surface area (Å²) in [6.07, 6.45) is 3.54. The zero-order chi connectivity index (χ0) is 39.6. The number of rotatable bonds is 14. The molecule has 0 bridgehead atoms. The number of aromatic amines is 1. The summed E-state index contributed by atoms with van der Waals surface area (Å²) in [4.78, 5) is 53.9. The summed E-state index contributed by atoms with van der Waals surface area (Å²) >= 11 is 0. The van der Waals surface area contributed by atoms with E-state index in [0.29, 0.717) is 66.4 Å². The molecule has 4 aromatic rings. The van der Waals surface area contributed by atoms with Crippen molar-refractivity contribution >= 4 is 29.5 Å². The van der Waals surface area contributed by atoms with Gasteiger partial charge in [-0.3, -0.25) is 14.4 Å². The highest BCUT2D eigenvalue weighted by Crippen LogP contribution is 2.40. The first-order valence-corrected chi connectivity index (χ1v) is 18.9. The molecule has 1 atom stereocenters. The molecule has 2 fully saturated rings. The average molecular weight is 768 g/mol. The molecule has 1 saturated carbocycles. The molecule has 1 aromatic heterocycles. The first-order valence-electron chi connectivity index (χ1n) is 18.9. The van der Waals surface area contributed by atoms with Gasteiger partial charge in [0.2, 0.25) is 17.6 Å². The van der Waals surface area contributed by atoms with Gasteiger partial charge in [-0.1, -0.05) is 24.3 Å². The van der Waals surface area contributed by atoms with Crippen molar-refractivity contribution in [2.45, 2.75) is 57.0 Å². The maximum absolute atomic E-state index is 13.8. The van der Waals surface area contributed by atoms with E-state index >= 15 is 0 Å². The zero-order valence-corrected chi connectivity index (χ0v) is 31.8. The molecule has 0 radical (unpaired) electrons.